The lowest BCUT2D eigenvalue weighted by Gasteiger charge is -2.41. The first-order valence-electron chi connectivity index (χ1n) is 7.71. The number of halogens is 3. The zero-order valence-electron chi connectivity index (χ0n) is 13.5. The number of aliphatic hydroxyl groups excluding tert-OH is 1. The van der Waals surface area contributed by atoms with Crippen molar-refractivity contribution in [3.8, 4) is 0 Å². The van der Waals surface area contributed by atoms with E-state index in [1.54, 1.807) is 6.08 Å². The first-order valence-corrected chi connectivity index (χ1v) is 8.84. The van der Waals surface area contributed by atoms with Crippen LogP contribution in [0.25, 0.3) is 0 Å². The molecule has 2 aliphatic heterocycles. The molecule has 0 bridgehead atoms. The summed E-state index contributed by atoms with van der Waals surface area (Å²) in [5.74, 6) is -0.806. The maximum atomic E-state index is 9.62. The SMILES string of the molecule is C=C[C@]12N=C(C(Cl)(Cl)Cl)O[C@H]1C=C(CO)C[C@@H]2[C@H]1COC(C)(C)O1. The van der Waals surface area contributed by atoms with Crippen LogP contribution in [0.5, 0.6) is 0 Å². The number of alkyl halides is 3. The van der Waals surface area contributed by atoms with Crippen molar-refractivity contribution in [2.45, 2.75) is 47.6 Å². The fraction of sp³-hybridized carbons (Fsp3) is 0.688. The fourth-order valence-electron chi connectivity index (χ4n) is 3.57. The van der Waals surface area contributed by atoms with Gasteiger partial charge in [-0.05, 0) is 31.9 Å². The average Bonchev–Trinajstić information content (AvgIpc) is 3.06. The van der Waals surface area contributed by atoms with Crippen LogP contribution in [0, 0.1) is 5.92 Å². The van der Waals surface area contributed by atoms with E-state index < -0.39 is 21.2 Å². The quantitative estimate of drug-likeness (QED) is 0.588. The monoisotopic (exact) mass is 395 g/mol. The summed E-state index contributed by atoms with van der Waals surface area (Å²) in [6.07, 6.45) is 3.37. The number of nitrogens with zero attached hydrogens (tertiary/aromatic N) is 1. The molecule has 0 aromatic carbocycles. The Balaban J connectivity index is 2.02. The van der Waals surface area contributed by atoms with Gasteiger partial charge in [-0.25, -0.2) is 4.99 Å². The molecule has 2 heterocycles. The molecule has 0 aromatic heterocycles. The fourth-order valence-corrected chi connectivity index (χ4v) is 3.83. The number of hydrogen-bond donors (Lipinski definition) is 1. The van der Waals surface area contributed by atoms with Crippen molar-refractivity contribution in [1.82, 2.24) is 0 Å². The number of aliphatic imine (C=N–C) groups is 1. The first-order chi connectivity index (χ1) is 11.1. The van der Waals surface area contributed by atoms with E-state index in [0.717, 1.165) is 5.57 Å². The topological polar surface area (TPSA) is 60.3 Å². The van der Waals surface area contributed by atoms with Crippen molar-refractivity contribution in [2.75, 3.05) is 13.2 Å². The molecule has 134 valence electrons. The van der Waals surface area contributed by atoms with Crippen molar-refractivity contribution in [3.05, 3.63) is 24.3 Å². The van der Waals surface area contributed by atoms with E-state index in [9.17, 15) is 5.11 Å². The van der Waals surface area contributed by atoms with Crippen molar-refractivity contribution in [2.24, 2.45) is 10.9 Å². The predicted octanol–water partition coefficient (Wildman–Crippen LogP) is 3.17. The van der Waals surface area contributed by atoms with E-state index in [4.69, 9.17) is 49.0 Å². The predicted molar refractivity (Wildman–Crippen MR) is 93.7 cm³/mol. The lowest BCUT2D eigenvalue weighted by molar-refractivity contribution is -0.148. The molecular formula is C16H20Cl3NO4. The molecule has 1 aliphatic carbocycles. The van der Waals surface area contributed by atoms with Crippen LogP contribution in [-0.4, -0.2) is 51.5 Å². The Kier molecular flexibility index (Phi) is 4.74. The van der Waals surface area contributed by atoms with Gasteiger partial charge in [0.25, 0.3) is 3.79 Å². The van der Waals surface area contributed by atoms with Crippen LogP contribution in [0.2, 0.25) is 0 Å². The van der Waals surface area contributed by atoms with Crippen LogP contribution < -0.4 is 0 Å². The Morgan fingerprint density at radius 1 is 1.46 bits per heavy atom. The van der Waals surface area contributed by atoms with E-state index in [2.05, 4.69) is 11.6 Å². The van der Waals surface area contributed by atoms with Crippen molar-refractivity contribution in [3.63, 3.8) is 0 Å². The standard InChI is InChI=1S/C16H20Cl3NO4/c1-4-15-10(11-8-22-14(2,3)24-11)5-9(7-21)6-12(15)23-13(20-15)16(17,18)19/h4,6,10-12,21H,1,5,7-8H2,2-3H3/t10-,11-,12+,15-/m1/s1. The van der Waals surface area contributed by atoms with Crippen molar-refractivity contribution in [1.29, 1.82) is 0 Å². The zero-order valence-corrected chi connectivity index (χ0v) is 15.7. The van der Waals surface area contributed by atoms with Gasteiger partial charge in [0.05, 0.1) is 19.3 Å². The summed E-state index contributed by atoms with van der Waals surface area (Å²) in [4.78, 5) is 4.59. The molecule has 24 heavy (non-hydrogen) atoms. The van der Waals surface area contributed by atoms with Gasteiger partial charge in [-0.15, -0.1) is 6.58 Å². The molecule has 8 heteroatoms. The summed E-state index contributed by atoms with van der Waals surface area (Å²) in [6.45, 7) is 7.99. The molecule has 1 fully saturated rings. The summed E-state index contributed by atoms with van der Waals surface area (Å²) < 4.78 is 15.8. The van der Waals surface area contributed by atoms with Crippen LogP contribution in [0.3, 0.4) is 0 Å². The third kappa shape index (κ3) is 3.11. The zero-order chi connectivity index (χ0) is 17.8. The summed E-state index contributed by atoms with van der Waals surface area (Å²) in [5.41, 5.74) is 0.00312. The molecule has 0 saturated carbocycles. The molecule has 0 amide bonds. The van der Waals surface area contributed by atoms with Gasteiger partial charge in [-0.2, -0.15) is 0 Å². The second-order valence-corrected chi connectivity index (χ2v) is 8.99. The molecule has 0 spiro atoms. The minimum atomic E-state index is -1.77. The maximum absolute atomic E-state index is 9.62. The highest BCUT2D eigenvalue weighted by atomic mass is 35.6. The van der Waals surface area contributed by atoms with E-state index >= 15 is 0 Å². The number of aliphatic hydroxyl groups is 1. The summed E-state index contributed by atoms with van der Waals surface area (Å²) in [7, 11) is 0. The molecule has 3 rings (SSSR count). The summed E-state index contributed by atoms with van der Waals surface area (Å²) in [5, 5.41) is 9.62. The molecular weight excluding hydrogens is 377 g/mol. The van der Waals surface area contributed by atoms with Gasteiger partial charge in [-0.1, -0.05) is 40.9 Å². The molecule has 0 unspecified atom stereocenters. The molecule has 0 radical (unpaired) electrons. The highest BCUT2D eigenvalue weighted by Gasteiger charge is 2.58. The van der Waals surface area contributed by atoms with Crippen LogP contribution >= 0.6 is 34.8 Å². The molecule has 5 nitrogen and oxygen atoms in total. The van der Waals surface area contributed by atoms with Crippen LogP contribution in [0.1, 0.15) is 20.3 Å². The summed E-state index contributed by atoms with van der Waals surface area (Å²) >= 11 is 17.9. The molecule has 3 aliphatic rings. The summed E-state index contributed by atoms with van der Waals surface area (Å²) in [6, 6.07) is 0. The average molecular weight is 397 g/mol. The number of ether oxygens (including phenoxy) is 3. The second-order valence-electron chi connectivity index (χ2n) is 6.71. The molecule has 1 N–H and O–H groups in total. The minimum Gasteiger partial charge on any atom is -0.467 e. The van der Waals surface area contributed by atoms with E-state index in [0.29, 0.717) is 13.0 Å². The van der Waals surface area contributed by atoms with Gasteiger partial charge in [0, 0.05) is 5.92 Å². The van der Waals surface area contributed by atoms with Crippen molar-refractivity contribution < 1.29 is 19.3 Å². The van der Waals surface area contributed by atoms with Gasteiger partial charge in [0.2, 0.25) is 5.90 Å². The third-order valence-electron chi connectivity index (χ3n) is 4.70. The lowest BCUT2D eigenvalue weighted by atomic mass is 9.69. The van der Waals surface area contributed by atoms with Crippen LogP contribution in [0.4, 0.5) is 0 Å². The Bertz CT molecular complexity index is 599. The van der Waals surface area contributed by atoms with Gasteiger partial charge in [0.15, 0.2) is 5.79 Å². The highest BCUT2D eigenvalue weighted by Crippen LogP contribution is 2.49. The van der Waals surface area contributed by atoms with Crippen molar-refractivity contribution >= 4 is 40.7 Å². The number of hydrogen-bond acceptors (Lipinski definition) is 5. The van der Waals surface area contributed by atoms with Gasteiger partial charge < -0.3 is 19.3 Å². The Hall–Kier alpha value is -0.300. The minimum absolute atomic E-state index is 0.0241. The van der Waals surface area contributed by atoms with Gasteiger partial charge in [0.1, 0.15) is 11.6 Å². The van der Waals surface area contributed by atoms with Gasteiger partial charge in [-0.3, -0.25) is 0 Å². The first kappa shape index (κ1) is 18.5. The molecule has 4 atom stereocenters. The third-order valence-corrected chi connectivity index (χ3v) is 5.19. The highest BCUT2D eigenvalue weighted by molar-refractivity contribution is 6.76. The van der Waals surface area contributed by atoms with E-state index in [1.807, 2.05) is 19.9 Å². The van der Waals surface area contributed by atoms with E-state index in [1.165, 1.54) is 0 Å². The second kappa shape index (κ2) is 6.15. The van der Waals surface area contributed by atoms with E-state index in [-0.39, 0.29) is 24.5 Å². The molecule has 1 saturated heterocycles. The van der Waals surface area contributed by atoms with Crippen LogP contribution in [0.15, 0.2) is 29.3 Å². The van der Waals surface area contributed by atoms with Crippen LogP contribution in [-0.2, 0) is 14.2 Å². The smallest absolute Gasteiger partial charge is 0.266 e. The van der Waals surface area contributed by atoms with Gasteiger partial charge >= 0.3 is 0 Å². The maximum Gasteiger partial charge on any atom is 0.266 e. The Labute approximate surface area is 156 Å². The normalized spacial score (nSPS) is 38.2. The number of fused-ring (bicyclic) bond motifs is 1. The largest absolute Gasteiger partial charge is 0.467 e. The lowest BCUT2D eigenvalue weighted by Crippen LogP contribution is -2.51. The number of rotatable bonds is 3. The Morgan fingerprint density at radius 2 is 2.17 bits per heavy atom. The molecule has 0 aromatic rings. The Morgan fingerprint density at radius 3 is 2.67 bits per heavy atom.